The van der Waals surface area contributed by atoms with Crippen LogP contribution in [0.4, 0.5) is 5.69 Å². The number of esters is 1. The number of aromatic nitrogens is 4. The van der Waals surface area contributed by atoms with Gasteiger partial charge in [-0.2, -0.15) is 0 Å². The molecule has 144 valence electrons. The van der Waals surface area contributed by atoms with Crippen molar-refractivity contribution in [3.63, 3.8) is 0 Å². The molecule has 28 heavy (non-hydrogen) atoms. The van der Waals surface area contributed by atoms with Crippen LogP contribution in [0.1, 0.15) is 21.5 Å². The number of tetrazole rings is 1. The van der Waals surface area contributed by atoms with Crippen molar-refractivity contribution in [2.75, 3.05) is 11.1 Å². The largest absolute Gasteiger partial charge is 0.457 e. The summed E-state index contributed by atoms with van der Waals surface area (Å²) in [6, 6.07) is 14.3. The fraction of sp³-hybridized carbons (Fsp3) is 0.211. The highest BCUT2D eigenvalue weighted by Crippen LogP contribution is 2.15. The Morgan fingerprint density at radius 1 is 1.14 bits per heavy atom. The zero-order valence-corrected chi connectivity index (χ0v) is 16.3. The molecule has 0 saturated heterocycles. The van der Waals surface area contributed by atoms with E-state index in [-0.39, 0.29) is 18.3 Å². The predicted molar refractivity (Wildman–Crippen MR) is 105 cm³/mol. The molecule has 0 aliphatic heterocycles. The summed E-state index contributed by atoms with van der Waals surface area (Å²) < 4.78 is 6.85. The number of benzene rings is 2. The van der Waals surface area contributed by atoms with Crippen molar-refractivity contribution in [2.24, 2.45) is 7.05 Å². The van der Waals surface area contributed by atoms with Gasteiger partial charge in [0.1, 0.15) is 6.61 Å². The lowest BCUT2D eigenvalue weighted by atomic mass is 10.1. The first-order valence-corrected chi connectivity index (χ1v) is 9.48. The van der Waals surface area contributed by atoms with E-state index < -0.39 is 5.97 Å². The van der Waals surface area contributed by atoms with Gasteiger partial charge in [-0.1, -0.05) is 36.0 Å². The van der Waals surface area contributed by atoms with E-state index in [1.807, 2.05) is 31.2 Å². The van der Waals surface area contributed by atoms with Gasteiger partial charge in [0.2, 0.25) is 11.1 Å². The highest BCUT2D eigenvalue weighted by atomic mass is 32.2. The molecule has 0 aliphatic carbocycles. The van der Waals surface area contributed by atoms with E-state index in [4.69, 9.17) is 4.74 Å². The molecule has 0 unspecified atom stereocenters. The van der Waals surface area contributed by atoms with Crippen LogP contribution in [0.25, 0.3) is 0 Å². The van der Waals surface area contributed by atoms with Crippen molar-refractivity contribution in [1.82, 2.24) is 20.2 Å². The summed E-state index contributed by atoms with van der Waals surface area (Å²) in [5, 5.41) is 14.3. The van der Waals surface area contributed by atoms with Crippen molar-refractivity contribution in [1.29, 1.82) is 0 Å². The maximum Gasteiger partial charge on any atom is 0.338 e. The molecule has 0 fully saturated rings. The van der Waals surface area contributed by atoms with Crippen LogP contribution in [0.3, 0.4) is 0 Å². The molecule has 8 nitrogen and oxygen atoms in total. The third kappa shape index (κ3) is 5.17. The first-order chi connectivity index (χ1) is 13.5. The fourth-order valence-corrected chi connectivity index (χ4v) is 3.01. The number of aryl methyl sites for hydroxylation is 2. The van der Waals surface area contributed by atoms with Gasteiger partial charge < -0.3 is 10.1 Å². The Balaban J connectivity index is 1.50. The number of amides is 1. The molecule has 0 saturated carbocycles. The fourth-order valence-electron chi connectivity index (χ4n) is 2.36. The number of nitrogens with one attached hydrogen (secondary N) is 1. The predicted octanol–water partition coefficient (Wildman–Crippen LogP) is 2.61. The quantitative estimate of drug-likeness (QED) is 0.483. The Hall–Kier alpha value is -3.20. The van der Waals surface area contributed by atoms with Crippen molar-refractivity contribution >= 4 is 29.3 Å². The van der Waals surface area contributed by atoms with Crippen LogP contribution in [-0.4, -0.2) is 37.8 Å². The van der Waals surface area contributed by atoms with Gasteiger partial charge in [-0.25, -0.2) is 9.48 Å². The number of carbonyl (C=O) groups excluding carboxylic acids is 2. The topological polar surface area (TPSA) is 99.0 Å². The van der Waals surface area contributed by atoms with Crippen LogP contribution >= 0.6 is 11.8 Å². The van der Waals surface area contributed by atoms with E-state index in [1.54, 1.807) is 31.3 Å². The molecule has 0 atom stereocenters. The molecule has 1 N–H and O–H groups in total. The molecule has 0 aliphatic rings. The van der Waals surface area contributed by atoms with Crippen LogP contribution < -0.4 is 5.32 Å². The maximum absolute atomic E-state index is 12.2. The molecule has 0 bridgehead atoms. The average Bonchev–Trinajstić information content (AvgIpc) is 3.11. The molecular weight excluding hydrogens is 378 g/mol. The van der Waals surface area contributed by atoms with Crippen molar-refractivity contribution in [2.45, 2.75) is 18.7 Å². The van der Waals surface area contributed by atoms with E-state index in [9.17, 15) is 9.59 Å². The Kier molecular flexibility index (Phi) is 6.38. The number of hydrogen-bond acceptors (Lipinski definition) is 7. The molecule has 3 rings (SSSR count). The first kappa shape index (κ1) is 19.6. The average molecular weight is 397 g/mol. The number of anilines is 1. The third-order valence-electron chi connectivity index (χ3n) is 3.94. The van der Waals surface area contributed by atoms with Gasteiger partial charge in [-0.15, -0.1) is 5.10 Å². The normalized spacial score (nSPS) is 10.5. The number of rotatable bonds is 7. The van der Waals surface area contributed by atoms with Crippen molar-refractivity contribution < 1.29 is 14.3 Å². The maximum atomic E-state index is 12.2. The zero-order chi connectivity index (χ0) is 19.9. The second kappa shape index (κ2) is 9.14. The third-order valence-corrected chi connectivity index (χ3v) is 4.95. The van der Waals surface area contributed by atoms with Crippen molar-refractivity contribution in [3.05, 3.63) is 65.2 Å². The lowest BCUT2D eigenvalue weighted by Gasteiger charge is -2.08. The highest BCUT2D eigenvalue weighted by Gasteiger charge is 2.10. The monoisotopic (exact) mass is 397 g/mol. The molecule has 0 radical (unpaired) electrons. The highest BCUT2D eigenvalue weighted by molar-refractivity contribution is 7.99. The summed E-state index contributed by atoms with van der Waals surface area (Å²) in [4.78, 5) is 24.2. The molecule has 0 spiro atoms. The van der Waals surface area contributed by atoms with Crippen LogP contribution in [0, 0.1) is 6.92 Å². The van der Waals surface area contributed by atoms with Gasteiger partial charge in [0.15, 0.2) is 0 Å². The van der Waals surface area contributed by atoms with Gasteiger partial charge >= 0.3 is 5.97 Å². The van der Waals surface area contributed by atoms with Crippen LogP contribution in [0.5, 0.6) is 0 Å². The second-order valence-electron chi connectivity index (χ2n) is 6.00. The molecule has 1 amide bonds. The standard InChI is InChI=1S/C19H19N5O3S/c1-13-5-3-4-6-15(13)11-27-18(26)14-7-9-16(10-8-14)20-17(25)12-28-19-21-22-23-24(19)2/h3-10H,11-12H2,1-2H3,(H,20,25). The number of hydrogen-bond donors (Lipinski definition) is 1. The SMILES string of the molecule is Cc1ccccc1COC(=O)c1ccc(NC(=O)CSc2nnnn2C)cc1. The second-order valence-corrected chi connectivity index (χ2v) is 6.94. The molecular formula is C19H19N5O3S. The Morgan fingerprint density at radius 2 is 1.89 bits per heavy atom. The summed E-state index contributed by atoms with van der Waals surface area (Å²) in [5.41, 5.74) is 3.06. The molecule has 1 aromatic heterocycles. The zero-order valence-electron chi connectivity index (χ0n) is 15.5. The lowest BCUT2D eigenvalue weighted by Crippen LogP contribution is -2.14. The molecule has 1 heterocycles. The molecule has 9 heteroatoms. The summed E-state index contributed by atoms with van der Waals surface area (Å²) in [6.07, 6.45) is 0. The number of thioether (sulfide) groups is 1. The van der Waals surface area contributed by atoms with Gasteiger partial charge in [0.05, 0.1) is 11.3 Å². The first-order valence-electron chi connectivity index (χ1n) is 8.49. The van der Waals surface area contributed by atoms with E-state index in [0.29, 0.717) is 16.4 Å². The lowest BCUT2D eigenvalue weighted by molar-refractivity contribution is -0.113. The Bertz CT molecular complexity index is 972. The minimum atomic E-state index is -0.411. The van der Waals surface area contributed by atoms with E-state index in [1.165, 1.54) is 16.4 Å². The number of carbonyl (C=O) groups is 2. The van der Waals surface area contributed by atoms with Gasteiger partial charge in [-0.05, 0) is 52.7 Å². The van der Waals surface area contributed by atoms with Crippen LogP contribution in [0.15, 0.2) is 53.7 Å². The summed E-state index contributed by atoms with van der Waals surface area (Å²) in [6.45, 7) is 2.19. The van der Waals surface area contributed by atoms with Crippen molar-refractivity contribution in [3.8, 4) is 0 Å². The van der Waals surface area contributed by atoms with E-state index >= 15 is 0 Å². The Labute approximate surface area is 166 Å². The number of ether oxygens (including phenoxy) is 1. The van der Waals surface area contributed by atoms with E-state index in [2.05, 4.69) is 20.8 Å². The van der Waals surface area contributed by atoms with Gasteiger partial charge in [0.25, 0.3) is 0 Å². The Morgan fingerprint density at radius 3 is 2.57 bits per heavy atom. The van der Waals surface area contributed by atoms with Gasteiger partial charge in [0, 0.05) is 12.7 Å². The summed E-state index contributed by atoms with van der Waals surface area (Å²) in [7, 11) is 1.71. The minimum absolute atomic E-state index is 0.175. The number of nitrogens with zero attached hydrogens (tertiary/aromatic N) is 4. The van der Waals surface area contributed by atoms with Crippen LogP contribution in [0.2, 0.25) is 0 Å². The summed E-state index contributed by atoms with van der Waals surface area (Å²) in [5.74, 6) is -0.427. The molecule has 2 aromatic carbocycles. The van der Waals surface area contributed by atoms with Crippen LogP contribution in [-0.2, 0) is 23.2 Å². The minimum Gasteiger partial charge on any atom is -0.457 e. The summed E-state index contributed by atoms with van der Waals surface area (Å²) >= 11 is 1.24. The molecule has 3 aromatic rings. The van der Waals surface area contributed by atoms with E-state index in [0.717, 1.165) is 11.1 Å². The van der Waals surface area contributed by atoms with Gasteiger partial charge in [-0.3, -0.25) is 4.79 Å². The smallest absolute Gasteiger partial charge is 0.338 e.